The number of benzene rings is 9. The molecule has 3 aromatic heterocycles. The molecule has 0 aliphatic carbocycles. The van der Waals surface area contributed by atoms with Crippen LogP contribution in [0.15, 0.2) is 211 Å². The van der Waals surface area contributed by atoms with E-state index >= 15 is 0 Å². The van der Waals surface area contributed by atoms with Crippen molar-refractivity contribution in [3.05, 3.63) is 206 Å². The summed E-state index contributed by atoms with van der Waals surface area (Å²) in [6.45, 7) is 0. The fourth-order valence-electron chi connectivity index (χ4n) is 9.17. The zero-order valence-corrected chi connectivity index (χ0v) is 30.9. The summed E-state index contributed by atoms with van der Waals surface area (Å²) in [6, 6.07) is 74.5. The molecule has 0 aliphatic rings. The highest BCUT2D eigenvalue weighted by molar-refractivity contribution is 6.20. The second kappa shape index (κ2) is 12.5. The Hall–Kier alpha value is -7.62. The van der Waals surface area contributed by atoms with Crippen molar-refractivity contribution < 1.29 is 4.42 Å². The first-order valence-electron chi connectivity index (χ1n) is 19.5. The minimum Gasteiger partial charge on any atom is -0.456 e. The highest BCUT2D eigenvalue weighted by atomic mass is 16.3. The third-order valence-corrected chi connectivity index (χ3v) is 11.8. The average Bonchev–Trinajstić information content (AvgIpc) is 3.94. The fraction of sp³-hybridized carbons (Fsp3) is 0. The molecule has 0 saturated heterocycles. The van der Waals surface area contributed by atoms with Crippen molar-refractivity contribution in [1.82, 2.24) is 9.13 Å². The van der Waals surface area contributed by atoms with Gasteiger partial charge in [-0.25, -0.2) is 0 Å². The predicted octanol–water partition coefficient (Wildman–Crippen LogP) is 14.8. The van der Waals surface area contributed by atoms with E-state index < -0.39 is 0 Å². The zero-order valence-electron chi connectivity index (χ0n) is 30.9. The molecule has 266 valence electrons. The monoisotopic (exact) mass is 726 g/mol. The number of hydrogen-bond donors (Lipinski definition) is 0. The standard InChI is InChI=1S/C54H34N2O/c1-2-12-39(13-3-1)56-48-20-7-4-14-41(48)44-18-10-19-45(54(44)56)43-17-11-22-50-53(43)46-16-5-8-21-49(46)55(50)40-31-28-36(29-32-40)35-24-26-37(27-25-35)38-30-33-52-47(34-38)42-15-6-9-23-51(42)57-52/h1-34H. The molecule has 0 aliphatic heterocycles. The molecule has 0 fully saturated rings. The predicted molar refractivity (Wildman–Crippen MR) is 239 cm³/mol. The summed E-state index contributed by atoms with van der Waals surface area (Å²) in [5.41, 5.74) is 16.1. The van der Waals surface area contributed by atoms with Crippen molar-refractivity contribution in [3.63, 3.8) is 0 Å². The Morgan fingerprint density at radius 3 is 1.61 bits per heavy atom. The largest absolute Gasteiger partial charge is 0.456 e. The molecule has 0 bridgehead atoms. The van der Waals surface area contributed by atoms with Gasteiger partial charge in [-0.2, -0.15) is 0 Å². The van der Waals surface area contributed by atoms with Gasteiger partial charge in [0.05, 0.1) is 22.1 Å². The van der Waals surface area contributed by atoms with Crippen molar-refractivity contribution in [2.24, 2.45) is 0 Å². The molecule has 12 aromatic rings. The smallest absolute Gasteiger partial charge is 0.135 e. The van der Waals surface area contributed by atoms with Gasteiger partial charge in [-0.3, -0.25) is 0 Å². The van der Waals surface area contributed by atoms with Crippen LogP contribution in [0.3, 0.4) is 0 Å². The lowest BCUT2D eigenvalue weighted by Gasteiger charge is -2.13. The SMILES string of the molecule is c1ccc(-n2c3ccccc3c3cccc(-c4cccc5c4c4ccccc4n5-c4ccc(-c5ccc(-c6ccc7oc8ccccc8c7c6)cc5)cc4)c32)cc1. The highest BCUT2D eigenvalue weighted by Crippen LogP contribution is 2.44. The van der Waals surface area contributed by atoms with E-state index in [0.717, 1.165) is 33.3 Å². The zero-order chi connectivity index (χ0) is 37.5. The first-order valence-corrected chi connectivity index (χ1v) is 19.5. The van der Waals surface area contributed by atoms with Crippen molar-refractivity contribution >= 4 is 65.6 Å². The van der Waals surface area contributed by atoms with Gasteiger partial charge >= 0.3 is 0 Å². The summed E-state index contributed by atoms with van der Waals surface area (Å²) in [6.07, 6.45) is 0. The number of fused-ring (bicyclic) bond motifs is 9. The van der Waals surface area contributed by atoms with E-state index in [9.17, 15) is 0 Å². The van der Waals surface area contributed by atoms with E-state index in [1.807, 2.05) is 12.1 Å². The summed E-state index contributed by atoms with van der Waals surface area (Å²) in [4.78, 5) is 0. The van der Waals surface area contributed by atoms with E-state index in [1.54, 1.807) is 0 Å². The van der Waals surface area contributed by atoms with Crippen molar-refractivity contribution in [3.8, 4) is 44.8 Å². The number of nitrogens with zero attached hydrogens (tertiary/aromatic N) is 2. The van der Waals surface area contributed by atoms with E-state index in [1.165, 1.54) is 77.0 Å². The first kappa shape index (κ1) is 31.7. The summed E-state index contributed by atoms with van der Waals surface area (Å²) >= 11 is 0. The van der Waals surface area contributed by atoms with E-state index in [0.29, 0.717) is 0 Å². The van der Waals surface area contributed by atoms with Gasteiger partial charge in [0.2, 0.25) is 0 Å². The van der Waals surface area contributed by atoms with Crippen LogP contribution < -0.4 is 0 Å². The van der Waals surface area contributed by atoms with Crippen LogP contribution in [0.25, 0.3) is 110 Å². The summed E-state index contributed by atoms with van der Waals surface area (Å²) in [5.74, 6) is 0. The van der Waals surface area contributed by atoms with Gasteiger partial charge < -0.3 is 13.6 Å². The van der Waals surface area contributed by atoms with Gasteiger partial charge in [0.1, 0.15) is 11.2 Å². The van der Waals surface area contributed by atoms with Gasteiger partial charge in [0, 0.05) is 49.3 Å². The molecule has 0 saturated carbocycles. The highest BCUT2D eigenvalue weighted by Gasteiger charge is 2.21. The molecule has 3 heteroatoms. The number of aromatic nitrogens is 2. The quantitative estimate of drug-likeness (QED) is 0.173. The molecule has 57 heavy (non-hydrogen) atoms. The maximum absolute atomic E-state index is 6.07. The second-order valence-electron chi connectivity index (χ2n) is 14.9. The molecule has 0 radical (unpaired) electrons. The van der Waals surface area contributed by atoms with Crippen molar-refractivity contribution in [1.29, 1.82) is 0 Å². The van der Waals surface area contributed by atoms with Crippen LogP contribution in [-0.4, -0.2) is 9.13 Å². The fourth-order valence-corrected chi connectivity index (χ4v) is 9.17. The maximum Gasteiger partial charge on any atom is 0.135 e. The van der Waals surface area contributed by atoms with Crippen LogP contribution >= 0.6 is 0 Å². The molecule has 0 N–H and O–H groups in total. The van der Waals surface area contributed by atoms with Gasteiger partial charge in [-0.1, -0.05) is 146 Å². The molecular weight excluding hydrogens is 693 g/mol. The van der Waals surface area contributed by atoms with Crippen LogP contribution in [0.2, 0.25) is 0 Å². The van der Waals surface area contributed by atoms with Gasteiger partial charge in [-0.15, -0.1) is 0 Å². The molecule has 9 aromatic carbocycles. The molecule has 3 nitrogen and oxygen atoms in total. The Morgan fingerprint density at radius 1 is 0.298 bits per heavy atom. The second-order valence-corrected chi connectivity index (χ2v) is 14.9. The normalized spacial score (nSPS) is 11.9. The minimum atomic E-state index is 0.917. The third kappa shape index (κ3) is 4.86. The lowest BCUT2D eigenvalue weighted by Crippen LogP contribution is -1.96. The lowest BCUT2D eigenvalue weighted by molar-refractivity contribution is 0.669. The van der Waals surface area contributed by atoms with E-state index in [2.05, 4.69) is 203 Å². The Kier molecular flexibility index (Phi) is 6.93. The van der Waals surface area contributed by atoms with Gasteiger partial charge in [-0.05, 0) is 88.5 Å². The van der Waals surface area contributed by atoms with Crippen LogP contribution in [0.1, 0.15) is 0 Å². The Morgan fingerprint density at radius 2 is 0.825 bits per heavy atom. The van der Waals surface area contributed by atoms with E-state index in [-0.39, 0.29) is 0 Å². The topological polar surface area (TPSA) is 23.0 Å². The van der Waals surface area contributed by atoms with Crippen LogP contribution in [0.5, 0.6) is 0 Å². The summed E-state index contributed by atoms with van der Waals surface area (Å²) in [5, 5.41) is 7.30. The molecule has 0 unspecified atom stereocenters. The summed E-state index contributed by atoms with van der Waals surface area (Å²) in [7, 11) is 0. The van der Waals surface area contributed by atoms with Crippen LogP contribution in [0.4, 0.5) is 0 Å². The summed E-state index contributed by atoms with van der Waals surface area (Å²) < 4.78 is 10.9. The molecule has 12 rings (SSSR count). The van der Waals surface area contributed by atoms with Gasteiger partial charge in [0.15, 0.2) is 0 Å². The average molecular weight is 727 g/mol. The maximum atomic E-state index is 6.07. The van der Waals surface area contributed by atoms with Crippen LogP contribution in [-0.2, 0) is 0 Å². The number of hydrogen-bond acceptors (Lipinski definition) is 1. The Bertz CT molecular complexity index is 3490. The molecule has 3 heterocycles. The third-order valence-electron chi connectivity index (χ3n) is 11.8. The van der Waals surface area contributed by atoms with Crippen molar-refractivity contribution in [2.45, 2.75) is 0 Å². The number of para-hydroxylation sites is 5. The molecule has 0 spiro atoms. The number of rotatable bonds is 5. The van der Waals surface area contributed by atoms with Crippen LogP contribution in [0, 0.1) is 0 Å². The lowest BCUT2D eigenvalue weighted by atomic mass is 9.97. The minimum absolute atomic E-state index is 0.917. The first-order chi connectivity index (χ1) is 28.3. The van der Waals surface area contributed by atoms with E-state index in [4.69, 9.17) is 4.42 Å². The molecule has 0 atom stereocenters. The molecule has 0 amide bonds. The Balaban J connectivity index is 0.963. The van der Waals surface area contributed by atoms with Gasteiger partial charge in [0.25, 0.3) is 0 Å². The molecular formula is C54H34N2O. The number of furan rings is 1. The van der Waals surface area contributed by atoms with Crippen molar-refractivity contribution in [2.75, 3.05) is 0 Å². The Labute approximate surface area is 328 Å².